The number of nitrogens with two attached hydrogens (primary N) is 5. The van der Waals surface area contributed by atoms with Crippen LogP contribution in [-0.4, -0.2) is 145 Å². The first-order valence-electron chi connectivity index (χ1n) is 18.1. The molecule has 0 aliphatic carbocycles. The van der Waals surface area contributed by atoms with E-state index in [4.69, 9.17) is 38.1 Å². The van der Waals surface area contributed by atoms with Crippen LogP contribution in [0.3, 0.4) is 0 Å². The van der Waals surface area contributed by atoms with Gasteiger partial charge in [-0.15, -0.1) is 0 Å². The molecular weight excluding hydrogens is 696 g/mol. The summed E-state index contributed by atoms with van der Waals surface area (Å²) in [4.78, 5) is 53.5. The van der Waals surface area contributed by atoms with Crippen LogP contribution in [0.5, 0.6) is 0 Å². The van der Waals surface area contributed by atoms with Crippen LogP contribution in [0.15, 0.2) is 17.3 Å². The highest BCUT2D eigenvalue weighted by Crippen LogP contribution is 2.25. The van der Waals surface area contributed by atoms with Crippen molar-refractivity contribution >= 4 is 29.8 Å². The Labute approximate surface area is 308 Å². The number of aliphatic imine (C=N–C) groups is 1. The molecule has 21 heteroatoms. The molecule has 2 saturated heterocycles. The van der Waals surface area contributed by atoms with Crippen LogP contribution in [0.1, 0.15) is 57.8 Å². The lowest BCUT2D eigenvalue weighted by atomic mass is 9.95. The van der Waals surface area contributed by atoms with Gasteiger partial charge < -0.3 is 85.4 Å². The zero-order valence-corrected chi connectivity index (χ0v) is 30.1. The third-order valence-electron chi connectivity index (χ3n) is 9.25. The molecule has 0 aromatic carbocycles. The van der Waals surface area contributed by atoms with E-state index in [1.807, 2.05) is 0 Å². The number of aliphatic hydroxyl groups excluding tert-OH is 3. The molecule has 0 spiro atoms. The standard InChI is InChI=1S/C32H60N12O9/c1-16-25-26(20(46)14-40-16)43-32(42-25)44-30-27(28(50)29(53-31(37)51)21(15-45)52-30)41-24(49)13-19(36)7-4-10-39-23(48)12-18(35)6-3-9-38-22(47)11-17(34)5-2-8-33/h17-21,25-30,40,45-46,50H,1-15,33-36H2,(H2,37,51)(H,38,47)(H,39,48)(H,41,49)(H2,42,43,44)/t17-,18-,19-,20+,21+,25+,26+,27+,28-,29-,30+/m0/s1. The first kappa shape index (κ1) is 43.6. The Morgan fingerprint density at radius 2 is 1.51 bits per heavy atom. The third-order valence-corrected chi connectivity index (χ3v) is 9.25. The smallest absolute Gasteiger partial charge is 0.404 e. The van der Waals surface area contributed by atoms with E-state index in [0.717, 1.165) is 6.42 Å². The van der Waals surface area contributed by atoms with E-state index >= 15 is 0 Å². The third kappa shape index (κ3) is 14.2. The maximum Gasteiger partial charge on any atom is 0.404 e. The van der Waals surface area contributed by atoms with E-state index in [0.29, 0.717) is 57.4 Å². The Kier molecular flexibility index (Phi) is 17.9. The van der Waals surface area contributed by atoms with Gasteiger partial charge in [-0.25, -0.2) is 9.79 Å². The lowest BCUT2D eigenvalue weighted by molar-refractivity contribution is -0.198. The summed E-state index contributed by atoms with van der Waals surface area (Å²) in [7, 11) is 0. The molecule has 4 amide bonds. The SMILES string of the molecule is C=C1NC[C@@H](O)[C@H]2NC(N[C@@H]3O[C@H](CO)[C@H](OC(N)=O)[C@@H](O)[C@H]3NC(=O)C[C@@H](N)CCCNC(=O)C[C@@H](N)CCCNC(=O)C[C@@H](N)CCCN)=N[C@H]12. The van der Waals surface area contributed by atoms with Crippen molar-refractivity contribution in [1.29, 1.82) is 0 Å². The summed E-state index contributed by atoms with van der Waals surface area (Å²) in [6.07, 6.45) is -3.74. The normalized spacial score (nSPS) is 28.2. The summed E-state index contributed by atoms with van der Waals surface area (Å²) in [5.41, 5.74) is 29.5. The fourth-order valence-electron chi connectivity index (χ4n) is 6.41. The van der Waals surface area contributed by atoms with Gasteiger partial charge in [0.1, 0.15) is 24.3 Å². The zero-order chi connectivity index (χ0) is 39.1. The van der Waals surface area contributed by atoms with E-state index in [-0.39, 0.29) is 55.7 Å². The van der Waals surface area contributed by atoms with Crippen LogP contribution >= 0.6 is 0 Å². The monoisotopic (exact) mass is 756 g/mol. The minimum Gasteiger partial charge on any atom is -0.441 e. The first-order valence-corrected chi connectivity index (χ1v) is 18.1. The topological polar surface area (TPSA) is 362 Å². The van der Waals surface area contributed by atoms with E-state index in [9.17, 15) is 34.5 Å². The molecule has 0 unspecified atom stereocenters. The van der Waals surface area contributed by atoms with E-state index < -0.39 is 73.4 Å². The average molecular weight is 757 g/mol. The Morgan fingerprint density at radius 3 is 2.04 bits per heavy atom. The number of ether oxygens (including phenoxy) is 2. The predicted molar refractivity (Wildman–Crippen MR) is 193 cm³/mol. The average Bonchev–Trinajstić information content (AvgIpc) is 3.53. The molecule has 0 saturated carbocycles. The minimum absolute atomic E-state index is 0.112. The number of carbonyl (C=O) groups is 4. The maximum atomic E-state index is 13.1. The number of β-amino-alcohol motifs (C(OH)–C–C–N with tert-alkyl or cyclic N) is 1. The molecular formula is C32H60N12O9. The summed E-state index contributed by atoms with van der Waals surface area (Å²) in [6.45, 7) is 4.82. The molecule has 53 heavy (non-hydrogen) atoms. The number of hydrogen-bond acceptors (Lipinski definition) is 17. The molecule has 3 heterocycles. The molecule has 0 bridgehead atoms. The van der Waals surface area contributed by atoms with Gasteiger partial charge in [-0.3, -0.25) is 14.4 Å². The van der Waals surface area contributed by atoms with Crippen LogP contribution in [0.2, 0.25) is 0 Å². The van der Waals surface area contributed by atoms with Crippen molar-refractivity contribution in [3.8, 4) is 0 Å². The number of fused-ring (bicyclic) bond motifs is 1. The van der Waals surface area contributed by atoms with Crippen molar-refractivity contribution in [3.05, 3.63) is 12.3 Å². The highest BCUT2D eigenvalue weighted by atomic mass is 16.6. The number of primary amides is 1. The summed E-state index contributed by atoms with van der Waals surface area (Å²) in [5, 5.41) is 48.8. The maximum absolute atomic E-state index is 13.1. The fourth-order valence-corrected chi connectivity index (χ4v) is 6.41. The number of rotatable bonds is 21. The summed E-state index contributed by atoms with van der Waals surface area (Å²) >= 11 is 0. The number of carbonyl (C=O) groups excluding carboxylic acids is 4. The summed E-state index contributed by atoms with van der Waals surface area (Å²) in [5.74, 6) is -0.728. The van der Waals surface area contributed by atoms with Gasteiger partial charge in [0.05, 0.1) is 18.8 Å². The Bertz CT molecular complexity index is 1260. The van der Waals surface area contributed by atoms with Crippen LogP contribution < -0.4 is 60.6 Å². The van der Waals surface area contributed by atoms with Crippen molar-refractivity contribution in [2.75, 3.05) is 32.8 Å². The molecule has 11 atom stereocenters. The van der Waals surface area contributed by atoms with Gasteiger partial charge in [-0.2, -0.15) is 0 Å². The van der Waals surface area contributed by atoms with Crippen LogP contribution in [0.25, 0.3) is 0 Å². The predicted octanol–water partition coefficient (Wildman–Crippen LogP) is -5.54. The molecule has 19 N–H and O–H groups in total. The Balaban J connectivity index is 1.42. The number of guanidine groups is 1. The van der Waals surface area contributed by atoms with Gasteiger partial charge in [0, 0.05) is 62.7 Å². The van der Waals surface area contributed by atoms with E-state index in [1.165, 1.54) is 0 Å². The number of aliphatic hydroxyl groups is 3. The van der Waals surface area contributed by atoms with Crippen molar-refractivity contribution in [2.24, 2.45) is 33.7 Å². The van der Waals surface area contributed by atoms with Gasteiger partial charge >= 0.3 is 6.09 Å². The zero-order valence-electron chi connectivity index (χ0n) is 30.1. The molecule has 302 valence electrons. The Hall–Kier alpha value is -3.83. The van der Waals surface area contributed by atoms with Gasteiger partial charge in [-0.05, 0) is 45.1 Å². The summed E-state index contributed by atoms with van der Waals surface area (Å²) < 4.78 is 10.9. The molecule has 3 rings (SSSR count). The van der Waals surface area contributed by atoms with Crippen molar-refractivity contribution in [1.82, 2.24) is 31.9 Å². The molecule has 0 radical (unpaired) electrons. The van der Waals surface area contributed by atoms with Gasteiger partial charge in [0.15, 0.2) is 18.3 Å². The number of nitrogens with one attached hydrogen (secondary N) is 6. The molecule has 2 fully saturated rings. The quantitative estimate of drug-likeness (QED) is 0.0486. The largest absolute Gasteiger partial charge is 0.441 e. The molecule has 0 aromatic heterocycles. The van der Waals surface area contributed by atoms with Crippen molar-refractivity contribution in [3.63, 3.8) is 0 Å². The lowest BCUT2D eigenvalue weighted by Gasteiger charge is -2.44. The van der Waals surface area contributed by atoms with Gasteiger partial charge in [0.25, 0.3) is 0 Å². The van der Waals surface area contributed by atoms with Crippen LogP contribution in [0.4, 0.5) is 4.79 Å². The number of piperidine rings is 1. The van der Waals surface area contributed by atoms with Crippen LogP contribution in [0, 0.1) is 0 Å². The second-order valence-electron chi connectivity index (χ2n) is 13.8. The minimum atomic E-state index is -1.58. The molecule has 3 aliphatic heterocycles. The molecule has 0 aromatic rings. The molecule has 21 nitrogen and oxygen atoms in total. The van der Waals surface area contributed by atoms with Gasteiger partial charge in [0.2, 0.25) is 17.7 Å². The second kappa shape index (κ2) is 21.8. The van der Waals surface area contributed by atoms with Crippen LogP contribution in [-0.2, 0) is 23.9 Å². The second-order valence-corrected chi connectivity index (χ2v) is 13.8. The number of nitrogens with zero attached hydrogens (tertiary/aromatic N) is 1. The summed E-state index contributed by atoms with van der Waals surface area (Å²) in [6, 6.07) is -3.44. The van der Waals surface area contributed by atoms with Crippen molar-refractivity contribution in [2.45, 2.75) is 125 Å². The first-order chi connectivity index (χ1) is 25.2. The molecule has 3 aliphatic rings. The van der Waals surface area contributed by atoms with E-state index in [2.05, 4.69) is 43.5 Å². The fraction of sp³-hybridized carbons (Fsp3) is 0.781. The Morgan fingerprint density at radius 1 is 0.943 bits per heavy atom. The van der Waals surface area contributed by atoms with E-state index in [1.54, 1.807) is 0 Å². The number of hydrogen-bond donors (Lipinski definition) is 14. The lowest BCUT2D eigenvalue weighted by Crippen LogP contribution is -2.69. The highest BCUT2D eigenvalue weighted by molar-refractivity contribution is 5.83. The van der Waals surface area contributed by atoms with Gasteiger partial charge in [-0.1, -0.05) is 6.58 Å². The highest BCUT2D eigenvalue weighted by Gasteiger charge is 2.49. The van der Waals surface area contributed by atoms with Crippen molar-refractivity contribution < 1.29 is 44.0 Å². The number of amides is 4.